The van der Waals surface area contributed by atoms with E-state index in [4.69, 9.17) is 10.00 Å². The maximum Gasteiger partial charge on any atom is 0.137 e. The second kappa shape index (κ2) is 12.2. The molecular formula is C18H28N2O3S. The minimum atomic E-state index is -0.728. The van der Waals surface area contributed by atoms with Crippen LogP contribution in [-0.4, -0.2) is 58.4 Å². The van der Waals surface area contributed by atoms with E-state index in [0.29, 0.717) is 23.6 Å². The second-order valence-corrected chi connectivity index (χ2v) is 7.36. The van der Waals surface area contributed by atoms with Gasteiger partial charge in [0.15, 0.2) is 0 Å². The molecule has 1 rings (SSSR count). The van der Waals surface area contributed by atoms with Gasteiger partial charge in [-0.2, -0.15) is 5.26 Å². The Morgan fingerprint density at radius 3 is 2.75 bits per heavy atom. The Labute approximate surface area is 148 Å². The summed E-state index contributed by atoms with van der Waals surface area (Å²) in [6, 6.07) is 9.08. The van der Waals surface area contributed by atoms with Gasteiger partial charge in [-0.1, -0.05) is 37.2 Å². The van der Waals surface area contributed by atoms with Crippen LogP contribution >= 0.6 is 0 Å². The van der Waals surface area contributed by atoms with Gasteiger partial charge in [0.05, 0.1) is 5.56 Å². The molecule has 0 heterocycles. The molecule has 0 bridgehead atoms. The summed E-state index contributed by atoms with van der Waals surface area (Å²) in [5.41, 5.74) is 0.468. The van der Waals surface area contributed by atoms with Gasteiger partial charge in [0.2, 0.25) is 0 Å². The van der Waals surface area contributed by atoms with Crippen LogP contribution in [0, 0.1) is 11.3 Å². The van der Waals surface area contributed by atoms with Crippen molar-refractivity contribution in [2.24, 2.45) is 0 Å². The van der Waals surface area contributed by atoms with Gasteiger partial charge in [0.1, 0.15) is 36.0 Å². The summed E-state index contributed by atoms with van der Waals surface area (Å²) in [6.07, 6.45) is 1.19. The van der Waals surface area contributed by atoms with E-state index in [9.17, 15) is 9.66 Å². The third-order valence-electron chi connectivity index (χ3n) is 3.63. The van der Waals surface area contributed by atoms with Gasteiger partial charge >= 0.3 is 0 Å². The summed E-state index contributed by atoms with van der Waals surface area (Å²) < 4.78 is 17.2. The fraction of sp³-hybridized carbons (Fsp3) is 0.611. The first-order valence-electron chi connectivity index (χ1n) is 8.48. The van der Waals surface area contributed by atoms with Gasteiger partial charge in [-0.25, -0.2) is 0 Å². The van der Waals surface area contributed by atoms with Crippen molar-refractivity contribution in [3.05, 3.63) is 29.8 Å². The van der Waals surface area contributed by atoms with Crippen molar-refractivity contribution in [2.45, 2.75) is 32.8 Å². The van der Waals surface area contributed by atoms with E-state index in [1.807, 2.05) is 13.8 Å². The average molecular weight is 353 g/mol. The SMILES string of the molecule is CCC[S@+]([O-])CCCN(CC)C[C@@H](O)COc1ccccc1C#N. The maximum atomic E-state index is 11.7. The average Bonchev–Trinajstić information content (AvgIpc) is 2.59. The summed E-state index contributed by atoms with van der Waals surface area (Å²) in [5.74, 6) is 1.98. The molecule has 0 fully saturated rings. The number of aliphatic hydroxyl groups is 1. The zero-order valence-corrected chi connectivity index (χ0v) is 15.4. The molecule has 24 heavy (non-hydrogen) atoms. The normalized spacial score (nSPS) is 13.5. The van der Waals surface area contributed by atoms with E-state index in [1.54, 1.807) is 24.3 Å². The molecule has 134 valence electrons. The summed E-state index contributed by atoms with van der Waals surface area (Å²) in [7, 11) is 0. The lowest BCUT2D eigenvalue weighted by atomic mass is 10.2. The predicted octanol–water partition coefficient (Wildman–Crippen LogP) is 2.17. The van der Waals surface area contributed by atoms with Crippen LogP contribution in [0.15, 0.2) is 24.3 Å². The molecule has 6 heteroatoms. The van der Waals surface area contributed by atoms with Crippen molar-refractivity contribution in [1.29, 1.82) is 5.26 Å². The first-order valence-corrected chi connectivity index (χ1v) is 9.96. The molecule has 0 unspecified atom stereocenters. The number of nitriles is 1. The van der Waals surface area contributed by atoms with Crippen molar-refractivity contribution in [3.8, 4) is 11.8 Å². The van der Waals surface area contributed by atoms with E-state index in [0.717, 1.165) is 31.7 Å². The molecule has 0 amide bonds. The molecule has 0 aliphatic carbocycles. The lowest BCUT2D eigenvalue weighted by Gasteiger charge is -2.24. The van der Waals surface area contributed by atoms with E-state index < -0.39 is 17.3 Å². The Balaban J connectivity index is 2.33. The summed E-state index contributed by atoms with van der Waals surface area (Å²) in [5, 5.41) is 19.2. The Morgan fingerprint density at radius 2 is 2.08 bits per heavy atom. The minimum absolute atomic E-state index is 0.150. The Kier molecular flexibility index (Phi) is 10.5. The number of rotatable bonds is 12. The fourth-order valence-corrected chi connectivity index (χ4v) is 3.49. The van der Waals surface area contributed by atoms with Crippen LogP contribution in [0.4, 0.5) is 0 Å². The van der Waals surface area contributed by atoms with Gasteiger partial charge < -0.3 is 19.3 Å². The number of benzene rings is 1. The largest absolute Gasteiger partial charge is 0.616 e. The zero-order valence-electron chi connectivity index (χ0n) is 14.6. The molecule has 1 aromatic carbocycles. The van der Waals surface area contributed by atoms with Gasteiger partial charge in [-0.15, -0.1) is 0 Å². The third-order valence-corrected chi connectivity index (χ3v) is 5.24. The number of hydrogen-bond acceptors (Lipinski definition) is 5. The molecular weight excluding hydrogens is 324 g/mol. The molecule has 0 radical (unpaired) electrons. The smallest absolute Gasteiger partial charge is 0.137 e. The number of aliphatic hydroxyl groups excluding tert-OH is 1. The van der Waals surface area contributed by atoms with E-state index >= 15 is 0 Å². The Hall–Kier alpha value is -1.26. The lowest BCUT2D eigenvalue weighted by Crippen LogP contribution is -2.36. The molecule has 0 aromatic heterocycles. The van der Waals surface area contributed by atoms with E-state index in [-0.39, 0.29) is 6.61 Å². The number of hydrogen-bond donors (Lipinski definition) is 1. The summed E-state index contributed by atoms with van der Waals surface area (Å²) >= 11 is -0.728. The topological polar surface area (TPSA) is 79.6 Å². The van der Waals surface area contributed by atoms with Crippen LogP contribution in [0.5, 0.6) is 5.75 Å². The molecule has 0 aliphatic rings. The highest BCUT2D eigenvalue weighted by atomic mass is 32.2. The van der Waals surface area contributed by atoms with Gasteiger partial charge in [-0.05, 0) is 25.1 Å². The van der Waals surface area contributed by atoms with Gasteiger partial charge in [-0.3, -0.25) is 0 Å². The number of ether oxygens (including phenoxy) is 1. The molecule has 5 nitrogen and oxygen atoms in total. The zero-order chi connectivity index (χ0) is 17.8. The molecule has 0 saturated carbocycles. The highest BCUT2D eigenvalue weighted by Crippen LogP contribution is 2.16. The van der Waals surface area contributed by atoms with Crippen LogP contribution in [0.25, 0.3) is 0 Å². The van der Waals surface area contributed by atoms with Crippen LogP contribution in [0.1, 0.15) is 32.3 Å². The lowest BCUT2D eigenvalue weighted by molar-refractivity contribution is 0.0699. The van der Waals surface area contributed by atoms with Crippen molar-refractivity contribution < 1.29 is 14.4 Å². The van der Waals surface area contributed by atoms with Gasteiger partial charge in [0, 0.05) is 19.5 Å². The van der Waals surface area contributed by atoms with E-state index in [2.05, 4.69) is 11.0 Å². The van der Waals surface area contributed by atoms with Crippen LogP contribution in [-0.2, 0) is 11.2 Å². The fourth-order valence-electron chi connectivity index (χ4n) is 2.38. The molecule has 2 atom stereocenters. The first kappa shape index (κ1) is 20.8. The number of likely N-dealkylation sites (N-methyl/N-ethyl adjacent to an activating group) is 1. The third kappa shape index (κ3) is 8.02. The summed E-state index contributed by atoms with van der Waals surface area (Å²) in [4.78, 5) is 2.13. The minimum Gasteiger partial charge on any atom is -0.616 e. The highest BCUT2D eigenvalue weighted by molar-refractivity contribution is 7.91. The molecule has 0 saturated heterocycles. The van der Waals surface area contributed by atoms with Crippen LogP contribution < -0.4 is 4.74 Å². The van der Waals surface area contributed by atoms with Crippen molar-refractivity contribution >= 4 is 11.2 Å². The number of para-hydroxylation sites is 1. The predicted molar refractivity (Wildman–Crippen MR) is 97.6 cm³/mol. The van der Waals surface area contributed by atoms with Gasteiger partial charge in [0.25, 0.3) is 0 Å². The second-order valence-electron chi connectivity index (χ2n) is 5.67. The van der Waals surface area contributed by atoms with Crippen LogP contribution in [0.2, 0.25) is 0 Å². The van der Waals surface area contributed by atoms with Crippen LogP contribution in [0.3, 0.4) is 0 Å². The van der Waals surface area contributed by atoms with E-state index in [1.165, 1.54) is 0 Å². The summed E-state index contributed by atoms with van der Waals surface area (Å²) in [6.45, 7) is 6.38. The molecule has 1 aromatic rings. The maximum absolute atomic E-state index is 11.7. The number of nitrogens with zero attached hydrogens (tertiary/aromatic N) is 2. The first-order chi connectivity index (χ1) is 11.6. The molecule has 0 aliphatic heterocycles. The standard InChI is InChI=1S/C18H28N2O3S/c1-3-11-24(22)12-7-10-20(4-2)14-17(21)15-23-18-9-6-5-8-16(18)13-19/h5-6,8-9,17,21H,3-4,7,10-12,14-15H2,1-2H3/t17-,24+/m1/s1. The highest BCUT2D eigenvalue weighted by Gasteiger charge is 2.13. The Bertz CT molecular complexity index is 507. The van der Waals surface area contributed by atoms with Crippen molar-refractivity contribution in [3.63, 3.8) is 0 Å². The monoisotopic (exact) mass is 352 g/mol. The molecule has 1 N–H and O–H groups in total. The van der Waals surface area contributed by atoms with Crippen molar-refractivity contribution in [1.82, 2.24) is 4.90 Å². The Morgan fingerprint density at radius 1 is 1.33 bits per heavy atom. The quantitative estimate of drug-likeness (QED) is 0.583. The molecule has 0 spiro atoms. The van der Waals surface area contributed by atoms with Crippen molar-refractivity contribution in [2.75, 3.05) is 37.7 Å².